The summed E-state index contributed by atoms with van der Waals surface area (Å²) in [5.41, 5.74) is 0.600. The largest absolute Gasteiger partial charge is 0.486 e. The Bertz CT molecular complexity index is 872. The van der Waals surface area contributed by atoms with Gasteiger partial charge in [0.25, 0.3) is 5.91 Å². The van der Waals surface area contributed by atoms with Crippen LogP contribution in [-0.2, 0) is 6.61 Å². The Labute approximate surface area is 161 Å². The van der Waals surface area contributed by atoms with Crippen molar-refractivity contribution in [3.63, 3.8) is 0 Å². The minimum absolute atomic E-state index is 0.0970. The topological polar surface area (TPSA) is 67.6 Å². The van der Waals surface area contributed by atoms with Crippen LogP contribution < -0.4 is 10.1 Å². The van der Waals surface area contributed by atoms with E-state index in [1.807, 2.05) is 0 Å². The Morgan fingerprint density at radius 3 is 2.71 bits per heavy atom. The van der Waals surface area contributed by atoms with E-state index in [-0.39, 0.29) is 30.0 Å². The molecule has 2 aliphatic rings. The lowest BCUT2D eigenvalue weighted by Crippen LogP contribution is -2.48. The summed E-state index contributed by atoms with van der Waals surface area (Å²) in [6.07, 6.45) is 4.17. The number of ether oxygens (including phenoxy) is 1. The number of rotatable bonds is 5. The number of aryl methyl sites for hydroxylation is 1. The molecule has 2 atom stereocenters. The normalized spacial score (nSPS) is 24.4. The van der Waals surface area contributed by atoms with Crippen molar-refractivity contribution in [1.82, 2.24) is 15.4 Å². The van der Waals surface area contributed by atoms with E-state index < -0.39 is 11.6 Å². The highest BCUT2D eigenvalue weighted by Gasteiger charge is 2.39. The first-order chi connectivity index (χ1) is 13.4. The Kier molecular flexibility index (Phi) is 5.05. The van der Waals surface area contributed by atoms with Gasteiger partial charge >= 0.3 is 0 Å². The van der Waals surface area contributed by atoms with E-state index in [1.165, 1.54) is 18.9 Å². The molecule has 2 bridgehead atoms. The van der Waals surface area contributed by atoms with E-state index in [1.54, 1.807) is 6.92 Å². The predicted molar refractivity (Wildman–Crippen MR) is 97.0 cm³/mol. The van der Waals surface area contributed by atoms with Gasteiger partial charge in [0.05, 0.1) is 5.56 Å². The SMILES string of the molecule is Cc1onc(C(=O)NC2CC3CCC(C2)N3C)c1COc1ccc(F)cc1F. The van der Waals surface area contributed by atoms with E-state index in [4.69, 9.17) is 9.26 Å². The molecule has 0 spiro atoms. The van der Waals surface area contributed by atoms with Gasteiger partial charge in [0.1, 0.15) is 18.2 Å². The molecule has 0 radical (unpaired) electrons. The quantitative estimate of drug-likeness (QED) is 0.848. The van der Waals surface area contributed by atoms with Crippen LogP contribution >= 0.6 is 0 Å². The molecule has 150 valence electrons. The van der Waals surface area contributed by atoms with Crippen molar-refractivity contribution >= 4 is 5.91 Å². The monoisotopic (exact) mass is 391 g/mol. The van der Waals surface area contributed by atoms with Gasteiger partial charge in [0.2, 0.25) is 0 Å². The van der Waals surface area contributed by atoms with Gasteiger partial charge in [0, 0.05) is 24.2 Å². The van der Waals surface area contributed by atoms with Crippen LogP contribution in [0.2, 0.25) is 0 Å². The molecular formula is C20H23F2N3O3. The number of fused-ring (bicyclic) bond motifs is 2. The van der Waals surface area contributed by atoms with Crippen molar-refractivity contribution in [3.05, 3.63) is 46.9 Å². The Morgan fingerprint density at radius 1 is 1.32 bits per heavy atom. The van der Waals surface area contributed by atoms with Crippen LogP contribution in [0.15, 0.2) is 22.7 Å². The Balaban J connectivity index is 1.43. The summed E-state index contributed by atoms with van der Waals surface area (Å²) in [7, 11) is 2.14. The molecule has 2 saturated heterocycles. The number of hydrogen-bond acceptors (Lipinski definition) is 5. The highest BCUT2D eigenvalue weighted by Crippen LogP contribution is 2.34. The molecule has 0 saturated carbocycles. The number of nitrogens with one attached hydrogen (secondary N) is 1. The van der Waals surface area contributed by atoms with E-state index in [0.29, 0.717) is 23.4 Å². The van der Waals surface area contributed by atoms with Crippen molar-refractivity contribution in [3.8, 4) is 5.75 Å². The highest BCUT2D eigenvalue weighted by atomic mass is 19.1. The van der Waals surface area contributed by atoms with Gasteiger partial charge in [0.15, 0.2) is 17.3 Å². The summed E-state index contributed by atoms with van der Waals surface area (Å²) in [5, 5.41) is 6.93. The van der Waals surface area contributed by atoms with Gasteiger partial charge < -0.3 is 19.5 Å². The molecule has 2 aliphatic heterocycles. The molecule has 28 heavy (non-hydrogen) atoms. The average Bonchev–Trinajstić information content (AvgIpc) is 3.09. The van der Waals surface area contributed by atoms with Gasteiger partial charge in [-0.15, -0.1) is 0 Å². The van der Waals surface area contributed by atoms with Gasteiger partial charge in [-0.1, -0.05) is 5.16 Å². The van der Waals surface area contributed by atoms with Crippen LogP contribution in [0.25, 0.3) is 0 Å². The summed E-state index contributed by atoms with van der Waals surface area (Å²) >= 11 is 0. The van der Waals surface area contributed by atoms with Crippen molar-refractivity contribution in [1.29, 1.82) is 0 Å². The summed E-state index contributed by atoms with van der Waals surface area (Å²) in [5.74, 6) is -1.47. The van der Waals surface area contributed by atoms with Crippen molar-refractivity contribution in [2.45, 2.75) is 57.3 Å². The lowest BCUT2D eigenvalue weighted by atomic mass is 9.98. The zero-order valence-electron chi connectivity index (χ0n) is 15.9. The van der Waals surface area contributed by atoms with Crippen LogP contribution in [0, 0.1) is 18.6 Å². The van der Waals surface area contributed by atoms with E-state index in [9.17, 15) is 13.6 Å². The third kappa shape index (κ3) is 3.61. The number of carbonyl (C=O) groups is 1. The fourth-order valence-electron chi connectivity index (χ4n) is 4.26. The first kappa shape index (κ1) is 18.9. The van der Waals surface area contributed by atoms with Crippen LogP contribution in [0.4, 0.5) is 8.78 Å². The molecule has 2 fully saturated rings. The molecular weight excluding hydrogens is 368 g/mol. The number of hydrogen-bond donors (Lipinski definition) is 1. The third-order valence-electron chi connectivity index (χ3n) is 5.90. The maximum atomic E-state index is 13.8. The predicted octanol–water partition coefficient (Wildman–Crippen LogP) is 3.20. The molecule has 8 heteroatoms. The fraction of sp³-hybridized carbons (Fsp3) is 0.500. The lowest BCUT2D eigenvalue weighted by molar-refractivity contribution is 0.0871. The minimum Gasteiger partial charge on any atom is -0.486 e. The number of carbonyl (C=O) groups excluding carboxylic acids is 1. The molecule has 3 heterocycles. The zero-order valence-corrected chi connectivity index (χ0v) is 15.9. The maximum Gasteiger partial charge on any atom is 0.274 e. The fourth-order valence-corrected chi connectivity index (χ4v) is 4.26. The zero-order chi connectivity index (χ0) is 19.8. The number of nitrogens with zero attached hydrogens (tertiary/aromatic N) is 2. The van der Waals surface area contributed by atoms with Crippen molar-refractivity contribution < 1.29 is 22.8 Å². The van der Waals surface area contributed by atoms with Gasteiger partial charge in [-0.05, 0) is 51.8 Å². The van der Waals surface area contributed by atoms with Crippen LogP contribution in [-0.4, -0.2) is 41.1 Å². The standard InChI is InChI=1S/C20H23F2N3O3/c1-11-16(10-27-18-6-3-12(21)7-17(18)22)19(24-28-11)20(26)23-13-8-14-4-5-15(9-13)25(14)2/h3,6-7,13-15H,4-5,8-10H2,1-2H3,(H,23,26). The van der Waals surface area contributed by atoms with Crippen LogP contribution in [0.3, 0.4) is 0 Å². The molecule has 1 aromatic heterocycles. The summed E-state index contributed by atoms with van der Waals surface area (Å²) in [4.78, 5) is 15.2. The summed E-state index contributed by atoms with van der Waals surface area (Å²) in [6.45, 7) is 1.57. The molecule has 1 amide bonds. The first-order valence-corrected chi connectivity index (χ1v) is 9.48. The summed E-state index contributed by atoms with van der Waals surface area (Å²) < 4.78 is 37.4. The van der Waals surface area contributed by atoms with Gasteiger partial charge in [-0.3, -0.25) is 4.79 Å². The molecule has 2 aromatic rings. The van der Waals surface area contributed by atoms with Gasteiger partial charge in [-0.2, -0.15) is 0 Å². The highest BCUT2D eigenvalue weighted by molar-refractivity contribution is 5.94. The molecule has 4 rings (SSSR count). The van der Waals surface area contributed by atoms with Crippen molar-refractivity contribution in [2.24, 2.45) is 0 Å². The summed E-state index contributed by atoms with van der Waals surface area (Å²) in [6, 6.07) is 4.18. The molecule has 1 aromatic carbocycles. The second kappa shape index (κ2) is 7.50. The van der Waals surface area contributed by atoms with E-state index in [2.05, 4.69) is 22.4 Å². The number of benzene rings is 1. The van der Waals surface area contributed by atoms with E-state index in [0.717, 1.165) is 25.0 Å². The van der Waals surface area contributed by atoms with E-state index >= 15 is 0 Å². The number of halogens is 2. The number of piperidine rings is 1. The molecule has 1 N–H and O–H groups in total. The van der Waals surface area contributed by atoms with Gasteiger partial charge in [-0.25, -0.2) is 8.78 Å². The third-order valence-corrected chi connectivity index (χ3v) is 5.90. The van der Waals surface area contributed by atoms with Crippen molar-refractivity contribution in [2.75, 3.05) is 7.05 Å². The molecule has 0 aliphatic carbocycles. The Morgan fingerprint density at radius 2 is 2.04 bits per heavy atom. The number of aromatic nitrogens is 1. The molecule has 6 nitrogen and oxygen atoms in total. The molecule has 2 unspecified atom stereocenters. The van der Waals surface area contributed by atoms with Crippen LogP contribution in [0.5, 0.6) is 5.75 Å². The Hall–Kier alpha value is -2.48. The lowest BCUT2D eigenvalue weighted by Gasteiger charge is -2.36. The second-order valence-electron chi connectivity index (χ2n) is 7.62. The number of amides is 1. The first-order valence-electron chi connectivity index (χ1n) is 9.48. The second-order valence-corrected chi connectivity index (χ2v) is 7.62. The minimum atomic E-state index is -0.804. The average molecular weight is 391 g/mol. The maximum absolute atomic E-state index is 13.8. The van der Waals surface area contributed by atoms with Crippen LogP contribution in [0.1, 0.15) is 47.5 Å². The smallest absolute Gasteiger partial charge is 0.274 e.